The number of unbranched alkanes of at least 4 members (excludes halogenated alkanes) is 3. The van der Waals surface area contributed by atoms with E-state index in [1.807, 2.05) is 6.92 Å². The molecule has 0 aliphatic carbocycles. The molecule has 3 atom stereocenters. The van der Waals surface area contributed by atoms with E-state index in [-0.39, 0.29) is 16.9 Å². The van der Waals surface area contributed by atoms with E-state index < -0.39 is 6.10 Å². The molecule has 3 unspecified atom stereocenters. The first-order valence-electron chi connectivity index (χ1n) is 6.37. The van der Waals surface area contributed by atoms with Crippen molar-refractivity contribution in [3.05, 3.63) is 0 Å². The van der Waals surface area contributed by atoms with Gasteiger partial charge in [-0.15, -0.1) is 23.2 Å². The molecule has 17 heavy (non-hydrogen) atoms. The first-order valence-corrected chi connectivity index (χ1v) is 7.28. The second kappa shape index (κ2) is 10.4. The zero-order valence-corrected chi connectivity index (χ0v) is 13.0. The van der Waals surface area contributed by atoms with E-state index in [1.54, 1.807) is 0 Å². The van der Waals surface area contributed by atoms with Crippen LogP contribution in [0.5, 0.6) is 0 Å². The molecule has 0 radical (unpaired) electrons. The van der Waals surface area contributed by atoms with Crippen LogP contribution in [0.15, 0.2) is 0 Å². The number of hydrogen-bond donors (Lipinski definition) is 2. The summed E-state index contributed by atoms with van der Waals surface area (Å²) >= 11 is 12.1. The molecule has 2 nitrogen and oxygen atoms in total. The molecule has 0 saturated carbocycles. The first-order chi connectivity index (χ1) is 7.44. The third kappa shape index (κ3) is 9.12. The summed E-state index contributed by atoms with van der Waals surface area (Å²) in [5.41, 5.74) is 0. The Kier molecular flexibility index (Phi) is 12.2. The Morgan fingerprint density at radius 1 is 1.24 bits per heavy atom. The van der Waals surface area contributed by atoms with Gasteiger partial charge < -0.3 is 11.3 Å². The van der Waals surface area contributed by atoms with Gasteiger partial charge in [0.15, 0.2) is 0 Å². The lowest BCUT2D eigenvalue weighted by molar-refractivity contribution is 0.158. The van der Waals surface area contributed by atoms with E-state index in [9.17, 15) is 5.11 Å². The highest BCUT2D eigenvalue weighted by Gasteiger charge is 2.30. The van der Waals surface area contributed by atoms with Gasteiger partial charge in [-0.3, -0.25) is 0 Å². The van der Waals surface area contributed by atoms with Crippen LogP contribution in [-0.2, 0) is 0 Å². The number of halogens is 2. The fourth-order valence-electron chi connectivity index (χ4n) is 1.89. The minimum Gasteiger partial charge on any atom is -0.392 e. The molecule has 0 aliphatic rings. The standard InChI is InChI=1S/C13H26Cl2O.H3N/c1-4-5-6-7-8-11(2)13(3,15)9-12(16)10-14;/h11-12,16H,4-10H2,1-3H3;1H3. The highest BCUT2D eigenvalue weighted by atomic mass is 35.5. The second-order valence-corrected chi connectivity index (χ2v) is 6.21. The van der Waals surface area contributed by atoms with Gasteiger partial charge in [-0.05, 0) is 25.7 Å². The van der Waals surface area contributed by atoms with Crippen molar-refractivity contribution in [2.24, 2.45) is 5.92 Å². The third-order valence-electron chi connectivity index (χ3n) is 3.33. The Morgan fingerprint density at radius 3 is 2.29 bits per heavy atom. The SMILES string of the molecule is CCCCCCC(C)C(C)(Cl)CC(O)CCl.N. The van der Waals surface area contributed by atoms with Crippen LogP contribution in [0.25, 0.3) is 0 Å². The molecule has 0 bridgehead atoms. The Labute approximate surface area is 117 Å². The molecule has 0 amide bonds. The molecule has 106 valence electrons. The Bertz CT molecular complexity index is 177. The smallest absolute Gasteiger partial charge is 0.0692 e. The van der Waals surface area contributed by atoms with E-state index in [0.717, 1.165) is 6.42 Å². The predicted molar refractivity (Wildman–Crippen MR) is 78.5 cm³/mol. The normalized spacial score (nSPS) is 18.0. The Hall–Kier alpha value is 0.500. The molecule has 0 aromatic heterocycles. The third-order valence-corrected chi connectivity index (χ3v) is 4.21. The lowest BCUT2D eigenvalue weighted by Gasteiger charge is -2.31. The maximum atomic E-state index is 9.54. The van der Waals surface area contributed by atoms with E-state index in [0.29, 0.717) is 12.3 Å². The molecule has 0 fully saturated rings. The Morgan fingerprint density at radius 2 is 1.82 bits per heavy atom. The summed E-state index contributed by atoms with van der Waals surface area (Å²) in [4.78, 5) is -0.333. The fraction of sp³-hybridized carbons (Fsp3) is 1.00. The van der Waals surface area contributed by atoms with Crippen molar-refractivity contribution in [3.8, 4) is 0 Å². The molecular formula is C13H29Cl2NO. The molecule has 0 heterocycles. The summed E-state index contributed by atoms with van der Waals surface area (Å²) in [5, 5.41) is 9.54. The summed E-state index contributed by atoms with van der Waals surface area (Å²) in [7, 11) is 0. The summed E-state index contributed by atoms with van der Waals surface area (Å²) in [6.07, 6.45) is 6.30. The van der Waals surface area contributed by atoms with Crippen LogP contribution in [0, 0.1) is 5.92 Å². The quantitative estimate of drug-likeness (QED) is 0.475. The van der Waals surface area contributed by atoms with Crippen molar-refractivity contribution in [3.63, 3.8) is 0 Å². The Balaban J connectivity index is 0. The number of alkyl halides is 2. The molecule has 0 aliphatic heterocycles. The van der Waals surface area contributed by atoms with Gasteiger partial charge in [0.1, 0.15) is 0 Å². The van der Waals surface area contributed by atoms with Gasteiger partial charge >= 0.3 is 0 Å². The van der Waals surface area contributed by atoms with Crippen LogP contribution in [0.2, 0.25) is 0 Å². The average Bonchev–Trinajstić information content (AvgIpc) is 2.23. The van der Waals surface area contributed by atoms with Gasteiger partial charge in [-0.25, -0.2) is 0 Å². The molecule has 0 rings (SSSR count). The minimum absolute atomic E-state index is 0. The van der Waals surface area contributed by atoms with Gasteiger partial charge in [0.2, 0.25) is 0 Å². The first kappa shape index (κ1) is 19.8. The van der Waals surface area contributed by atoms with Crippen LogP contribution in [0.1, 0.15) is 59.3 Å². The van der Waals surface area contributed by atoms with E-state index >= 15 is 0 Å². The number of aliphatic hydroxyl groups excluding tert-OH is 1. The van der Waals surface area contributed by atoms with Crippen LogP contribution in [0.3, 0.4) is 0 Å². The van der Waals surface area contributed by atoms with Crippen molar-refractivity contribution < 1.29 is 5.11 Å². The van der Waals surface area contributed by atoms with Crippen LogP contribution < -0.4 is 6.15 Å². The zero-order valence-electron chi connectivity index (χ0n) is 11.5. The van der Waals surface area contributed by atoms with Crippen molar-refractivity contribution >= 4 is 23.2 Å². The molecular weight excluding hydrogens is 257 g/mol. The minimum atomic E-state index is -0.484. The van der Waals surface area contributed by atoms with Crippen molar-refractivity contribution in [1.82, 2.24) is 6.15 Å². The fourth-order valence-corrected chi connectivity index (χ4v) is 2.29. The number of aliphatic hydroxyl groups is 1. The zero-order chi connectivity index (χ0) is 12.6. The van der Waals surface area contributed by atoms with Gasteiger partial charge in [-0.1, -0.05) is 39.5 Å². The maximum absolute atomic E-state index is 9.54. The lowest BCUT2D eigenvalue weighted by atomic mass is 9.86. The summed E-state index contributed by atoms with van der Waals surface area (Å²) in [6.45, 7) is 6.39. The predicted octanol–water partition coefficient (Wildman–Crippen LogP) is 4.74. The van der Waals surface area contributed by atoms with E-state index in [1.165, 1.54) is 25.7 Å². The van der Waals surface area contributed by atoms with Crippen LogP contribution >= 0.6 is 23.2 Å². The van der Waals surface area contributed by atoms with Crippen molar-refractivity contribution in [2.45, 2.75) is 70.3 Å². The van der Waals surface area contributed by atoms with Gasteiger partial charge in [0, 0.05) is 10.8 Å². The molecule has 0 aromatic carbocycles. The van der Waals surface area contributed by atoms with Crippen LogP contribution in [0.4, 0.5) is 0 Å². The van der Waals surface area contributed by atoms with Crippen molar-refractivity contribution in [1.29, 1.82) is 0 Å². The van der Waals surface area contributed by atoms with Crippen molar-refractivity contribution in [2.75, 3.05) is 5.88 Å². The van der Waals surface area contributed by atoms with Gasteiger partial charge in [0.05, 0.1) is 6.10 Å². The highest BCUT2D eigenvalue weighted by Crippen LogP contribution is 2.33. The topological polar surface area (TPSA) is 55.2 Å². The lowest BCUT2D eigenvalue weighted by Crippen LogP contribution is -2.32. The molecule has 0 spiro atoms. The second-order valence-electron chi connectivity index (χ2n) is 5.04. The molecule has 0 saturated heterocycles. The van der Waals surface area contributed by atoms with E-state index in [4.69, 9.17) is 23.2 Å². The molecule has 4 heteroatoms. The number of hydrogen-bond acceptors (Lipinski definition) is 2. The molecule has 0 aromatic rings. The maximum Gasteiger partial charge on any atom is 0.0692 e. The van der Waals surface area contributed by atoms with E-state index in [2.05, 4.69) is 13.8 Å². The monoisotopic (exact) mass is 285 g/mol. The van der Waals surface area contributed by atoms with Gasteiger partial charge in [-0.2, -0.15) is 0 Å². The summed E-state index contributed by atoms with van der Waals surface area (Å²) < 4.78 is 0. The largest absolute Gasteiger partial charge is 0.392 e. The number of rotatable bonds is 9. The highest BCUT2D eigenvalue weighted by molar-refractivity contribution is 6.24. The van der Waals surface area contributed by atoms with Gasteiger partial charge in [0.25, 0.3) is 0 Å². The molecule has 4 N–H and O–H groups in total. The summed E-state index contributed by atoms with van der Waals surface area (Å²) in [6, 6.07) is 0. The average molecular weight is 286 g/mol. The van der Waals surface area contributed by atoms with Crippen LogP contribution in [-0.4, -0.2) is 22.0 Å². The summed E-state index contributed by atoms with van der Waals surface area (Å²) in [5.74, 6) is 0.689.